The van der Waals surface area contributed by atoms with E-state index < -0.39 is 15.7 Å². The molecule has 0 bridgehead atoms. The van der Waals surface area contributed by atoms with Crippen LogP contribution in [-0.2, 0) is 16.3 Å². The minimum absolute atomic E-state index is 0. The zero-order valence-corrected chi connectivity index (χ0v) is 18.7. The van der Waals surface area contributed by atoms with Gasteiger partial charge < -0.3 is 10.6 Å². The molecule has 0 fully saturated rings. The Balaban J connectivity index is 0.00000364. The lowest BCUT2D eigenvalue weighted by molar-refractivity contribution is 0.566. The molecule has 0 atom stereocenters. The lowest BCUT2D eigenvalue weighted by atomic mass is 10.1. The molecule has 2 N–H and O–H groups in total. The Labute approximate surface area is 181 Å². The predicted octanol–water partition coefficient (Wildman–Crippen LogP) is 3.28. The molecule has 5 nitrogen and oxygen atoms in total. The highest BCUT2D eigenvalue weighted by molar-refractivity contribution is 14.0. The average Bonchev–Trinajstić information content (AvgIpc) is 2.60. The van der Waals surface area contributed by atoms with Gasteiger partial charge in [0.2, 0.25) is 0 Å². The van der Waals surface area contributed by atoms with Gasteiger partial charge in [0.15, 0.2) is 15.8 Å². The third kappa shape index (κ3) is 7.63. The summed E-state index contributed by atoms with van der Waals surface area (Å²) in [5.41, 5.74) is 1.09. The summed E-state index contributed by atoms with van der Waals surface area (Å²) in [7, 11) is -2.10. The molecule has 0 unspecified atom stereocenters. The van der Waals surface area contributed by atoms with E-state index in [0.29, 0.717) is 17.5 Å². The third-order valence-electron chi connectivity index (χ3n) is 3.65. The Morgan fingerprint density at radius 3 is 2.48 bits per heavy atom. The summed E-state index contributed by atoms with van der Waals surface area (Å²) < 4.78 is 38.1. The molecule has 2 aromatic rings. The zero-order valence-electron chi connectivity index (χ0n) is 14.8. The Bertz CT molecular complexity index is 878. The van der Waals surface area contributed by atoms with Gasteiger partial charge in [0.05, 0.1) is 5.75 Å². The van der Waals surface area contributed by atoms with E-state index in [2.05, 4.69) is 15.6 Å². The molecule has 0 aliphatic rings. The van der Waals surface area contributed by atoms with E-state index in [1.165, 1.54) is 18.2 Å². The summed E-state index contributed by atoms with van der Waals surface area (Å²) in [5, 5.41) is 6.71. The second-order valence-corrected chi connectivity index (χ2v) is 8.07. The SMILES string of the molecule is CN=C(NCCc1cccc(Cl)c1)NCCS(=O)(=O)c1ccccc1F.I. The van der Waals surface area contributed by atoms with E-state index >= 15 is 0 Å². The van der Waals surface area contributed by atoms with Gasteiger partial charge in [-0.05, 0) is 36.2 Å². The third-order valence-corrected chi connectivity index (χ3v) is 5.63. The monoisotopic (exact) mass is 525 g/mol. The fourth-order valence-corrected chi connectivity index (χ4v) is 3.80. The van der Waals surface area contributed by atoms with Crippen molar-refractivity contribution >= 4 is 51.4 Å². The van der Waals surface area contributed by atoms with E-state index in [0.717, 1.165) is 18.1 Å². The van der Waals surface area contributed by atoms with Crippen molar-refractivity contribution < 1.29 is 12.8 Å². The van der Waals surface area contributed by atoms with Crippen molar-refractivity contribution in [3.63, 3.8) is 0 Å². The van der Waals surface area contributed by atoms with Crippen molar-refractivity contribution in [2.45, 2.75) is 11.3 Å². The van der Waals surface area contributed by atoms with E-state index in [4.69, 9.17) is 11.6 Å². The van der Waals surface area contributed by atoms with Gasteiger partial charge in [0.1, 0.15) is 10.7 Å². The lowest BCUT2D eigenvalue weighted by Gasteiger charge is -2.12. The number of nitrogens with one attached hydrogen (secondary N) is 2. The van der Waals surface area contributed by atoms with Gasteiger partial charge in [-0.25, -0.2) is 12.8 Å². The van der Waals surface area contributed by atoms with Crippen LogP contribution in [0.15, 0.2) is 58.4 Å². The number of benzene rings is 2. The molecule has 0 spiro atoms. The molecule has 2 aromatic carbocycles. The minimum Gasteiger partial charge on any atom is -0.356 e. The summed E-state index contributed by atoms with van der Waals surface area (Å²) in [6.07, 6.45) is 0.745. The van der Waals surface area contributed by atoms with Crippen molar-refractivity contribution in [1.29, 1.82) is 0 Å². The van der Waals surface area contributed by atoms with Crippen LogP contribution in [-0.4, -0.2) is 40.3 Å². The topological polar surface area (TPSA) is 70.6 Å². The van der Waals surface area contributed by atoms with Crippen LogP contribution in [0.3, 0.4) is 0 Å². The molecule has 0 amide bonds. The van der Waals surface area contributed by atoms with Gasteiger partial charge in [-0.3, -0.25) is 4.99 Å². The van der Waals surface area contributed by atoms with Crippen LogP contribution >= 0.6 is 35.6 Å². The van der Waals surface area contributed by atoms with Crippen LogP contribution < -0.4 is 10.6 Å². The number of halogens is 3. The lowest BCUT2D eigenvalue weighted by Crippen LogP contribution is -2.40. The summed E-state index contributed by atoms with van der Waals surface area (Å²) in [6, 6.07) is 12.9. The first-order valence-electron chi connectivity index (χ1n) is 8.08. The van der Waals surface area contributed by atoms with Gasteiger partial charge in [0.25, 0.3) is 0 Å². The van der Waals surface area contributed by atoms with Crippen LogP contribution in [0, 0.1) is 5.82 Å². The molecule has 9 heteroatoms. The second-order valence-electron chi connectivity index (χ2n) is 5.55. The summed E-state index contributed by atoms with van der Waals surface area (Å²) in [4.78, 5) is 3.76. The van der Waals surface area contributed by atoms with Gasteiger partial charge in [0, 0.05) is 25.2 Å². The van der Waals surface area contributed by atoms with Crippen molar-refractivity contribution in [2.24, 2.45) is 4.99 Å². The smallest absolute Gasteiger partial charge is 0.191 e. The summed E-state index contributed by atoms with van der Waals surface area (Å²) >= 11 is 5.95. The number of guanidine groups is 1. The van der Waals surface area contributed by atoms with Crippen LogP contribution in [0.25, 0.3) is 0 Å². The van der Waals surface area contributed by atoms with E-state index in [9.17, 15) is 12.8 Å². The van der Waals surface area contributed by atoms with Gasteiger partial charge in [-0.1, -0.05) is 35.9 Å². The zero-order chi connectivity index (χ0) is 19.0. The van der Waals surface area contributed by atoms with Crippen molar-refractivity contribution in [3.05, 3.63) is 64.9 Å². The Morgan fingerprint density at radius 2 is 1.81 bits per heavy atom. The molecular formula is C18H22ClFIN3O2S. The number of aliphatic imine (C=N–C) groups is 1. The second kappa shape index (κ2) is 11.5. The van der Waals surface area contributed by atoms with Crippen molar-refractivity contribution in [1.82, 2.24) is 10.6 Å². The van der Waals surface area contributed by atoms with E-state index in [1.807, 2.05) is 24.3 Å². The molecule has 0 aliphatic carbocycles. The predicted molar refractivity (Wildman–Crippen MR) is 118 cm³/mol. The van der Waals surface area contributed by atoms with Crippen LogP contribution in [0.5, 0.6) is 0 Å². The molecule has 0 aliphatic heterocycles. The molecular weight excluding hydrogens is 504 g/mol. The van der Waals surface area contributed by atoms with Gasteiger partial charge in [-0.2, -0.15) is 0 Å². The van der Waals surface area contributed by atoms with Gasteiger partial charge in [-0.15, -0.1) is 24.0 Å². The molecule has 0 aromatic heterocycles. The average molecular weight is 526 g/mol. The molecule has 148 valence electrons. The number of rotatable bonds is 7. The van der Waals surface area contributed by atoms with Gasteiger partial charge >= 0.3 is 0 Å². The molecule has 2 rings (SSSR count). The molecule has 0 radical (unpaired) electrons. The Hall–Kier alpha value is -1.39. The van der Waals surface area contributed by atoms with Crippen LogP contribution in [0.1, 0.15) is 5.56 Å². The highest BCUT2D eigenvalue weighted by Gasteiger charge is 2.18. The Morgan fingerprint density at radius 1 is 1.11 bits per heavy atom. The molecule has 0 saturated carbocycles. The highest BCUT2D eigenvalue weighted by atomic mass is 127. The maximum Gasteiger partial charge on any atom is 0.191 e. The molecule has 0 saturated heterocycles. The quantitative estimate of drug-likeness (QED) is 0.331. The first kappa shape index (κ1) is 23.6. The van der Waals surface area contributed by atoms with Crippen LogP contribution in [0.4, 0.5) is 4.39 Å². The number of nitrogens with zero attached hydrogens (tertiary/aromatic N) is 1. The van der Waals surface area contributed by atoms with Crippen molar-refractivity contribution in [2.75, 3.05) is 25.9 Å². The van der Waals surface area contributed by atoms with Crippen LogP contribution in [0.2, 0.25) is 5.02 Å². The first-order chi connectivity index (χ1) is 12.4. The normalized spacial score (nSPS) is 11.6. The summed E-state index contributed by atoms with van der Waals surface area (Å²) in [5.74, 6) is -0.490. The van der Waals surface area contributed by atoms with E-state index in [1.54, 1.807) is 7.05 Å². The largest absolute Gasteiger partial charge is 0.356 e. The first-order valence-corrected chi connectivity index (χ1v) is 10.1. The van der Waals surface area contributed by atoms with Crippen molar-refractivity contribution in [3.8, 4) is 0 Å². The molecule has 27 heavy (non-hydrogen) atoms. The fourth-order valence-electron chi connectivity index (χ4n) is 2.35. The minimum atomic E-state index is -3.70. The number of hydrogen-bond donors (Lipinski definition) is 2. The maximum absolute atomic E-state index is 13.6. The maximum atomic E-state index is 13.6. The molecule has 0 heterocycles. The fraction of sp³-hybridized carbons (Fsp3) is 0.278. The highest BCUT2D eigenvalue weighted by Crippen LogP contribution is 2.14. The Kier molecular flexibility index (Phi) is 10.0. The van der Waals surface area contributed by atoms with E-state index in [-0.39, 0.29) is 41.2 Å². The number of hydrogen-bond acceptors (Lipinski definition) is 3. The standard InChI is InChI=1S/C18H21ClFN3O2S.HI/c1-21-18(22-10-9-14-5-4-6-15(19)13-14)23-11-12-26(24,25)17-8-3-2-7-16(17)20;/h2-8,13H,9-12H2,1H3,(H2,21,22,23);1H. The summed E-state index contributed by atoms with van der Waals surface area (Å²) in [6.45, 7) is 0.730. The number of sulfone groups is 1.